The molecule has 0 spiro atoms. The lowest BCUT2D eigenvalue weighted by molar-refractivity contribution is -0.145. The SMILES string of the molecule is O=C(O)CC(NS(=O)(=O)c1cc(Br)ccc1Br)C(=O)O. The van der Waals surface area contributed by atoms with Crippen LogP contribution in [0.3, 0.4) is 0 Å². The van der Waals surface area contributed by atoms with E-state index in [1.807, 2.05) is 4.72 Å². The molecule has 1 unspecified atom stereocenters. The second-order valence-corrected chi connectivity index (χ2v) is 7.14. The summed E-state index contributed by atoms with van der Waals surface area (Å²) in [5.41, 5.74) is 0. The number of halogens is 2. The molecule has 10 heteroatoms. The Kier molecular flexibility index (Phi) is 5.68. The van der Waals surface area contributed by atoms with Gasteiger partial charge in [-0.1, -0.05) is 15.9 Å². The Bertz CT molecular complexity index is 645. The molecule has 0 bridgehead atoms. The second kappa shape index (κ2) is 6.66. The number of carboxylic acid groups (broad SMARTS) is 2. The topological polar surface area (TPSA) is 121 Å². The number of carbonyl (C=O) groups is 2. The zero-order valence-electron chi connectivity index (χ0n) is 9.71. The fraction of sp³-hybridized carbons (Fsp3) is 0.200. The van der Waals surface area contributed by atoms with Crippen LogP contribution in [0.1, 0.15) is 6.42 Å². The number of sulfonamides is 1. The molecule has 0 fully saturated rings. The van der Waals surface area contributed by atoms with Crippen molar-refractivity contribution < 1.29 is 28.2 Å². The average molecular weight is 431 g/mol. The van der Waals surface area contributed by atoms with Crippen LogP contribution in [0.4, 0.5) is 0 Å². The summed E-state index contributed by atoms with van der Waals surface area (Å²) >= 11 is 6.14. The van der Waals surface area contributed by atoms with Gasteiger partial charge in [-0.25, -0.2) is 8.42 Å². The van der Waals surface area contributed by atoms with Gasteiger partial charge in [0.2, 0.25) is 10.0 Å². The standard InChI is InChI=1S/C10H9Br2NO6S/c11-5-1-2-6(12)8(3-5)20(18,19)13-7(10(16)17)4-9(14)15/h1-3,7,13H,4H2,(H,14,15)(H,16,17). The summed E-state index contributed by atoms with van der Waals surface area (Å²) in [6.45, 7) is 0. The molecule has 1 aromatic rings. The van der Waals surface area contributed by atoms with Crippen LogP contribution in [0.2, 0.25) is 0 Å². The zero-order chi connectivity index (χ0) is 15.5. The van der Waals surface area contributed by atoms with Crippen LogP contribution in [-0.4, -0.2) is 36.6 Å². The van der Waals surface area contributed by atoms with Gasteiger partial charge in [0.25, 0.3) is 0 Å². The summed E-state index contributed by atoms with van der Waals surface area (Å²) < 4.78 is 26.7. The maximum Gasteiger partial charge on any atom is 0.322 e. The first kappa shape index (κ1) is 17.1. The normalized spacial score (nSPS) is 12.9. The lowest BCUT2D eigenvalue weighted by atomic mass is 10.2. The molecule has 0 aliphatic heterocycles. The highest BCUT2D eigenvalue weighted by Gasteiger charge is 2.28. The maximum atomic E-state index is 12.1. The number of benzene rings is 1. The van der Waals surface area contributed by atoms with Crippen molar-refractivity contribution in [2.45, 2.75) is 17.4 Å². The van der Waals surface area contributed by atoms with Gasteiger partial charge in [0.05, 0.1) is 11.3 Å². The van der Waals surface area contributed by atoms with Crippen LogP contribution < -0.4 is 4.72 Å². The van der Waals surface area contributed by atoms with E-state index in [1.54, 1.807) is 6.07 Å². The summed E-state index contributed by atoms with van der Waals surface area (Å²) in [4.78, 5) is 21.2. The van der Waals surface area contributed by atoms with Crippen molar-refractivity contribution >= 4 is 53.8 Å². The van der Waals surface area contributed by atoms with Crippen LogP contribution in [0.5, 0.6) is 0 Å². The van der Waals surface area contributed by atoms with Gasteiger partial charge in [0, 0.05) is 8.95 Å². The smallest absolute Gasteiger partial charge is 0.322 e. The molecule has 1 atom stereocenters. The van der Waals surface area contributed by atoms with Gasteiger partial charge >= 0.3 is 11.9 Å². The molecule has 0 aromatic heterocycles. The number of aliphatic carboxylic acids is 2. The molecular weight excluding hydrogens is 422 g/mol. The molecule has 0 aliphatic rings. The molecule has 20 heavy (non-hydrogen) atoms. The van der Waals surface area contributed by atoms with E-state index in [4.69, 9.17) is 10.2 Å². The molecule has 110 valence electrons. The fourth-order valence-corrected chi connectivity index (χ4v) is 3.98. The Balaban J connectivity index is 3.12. The Hall–Kier alpha value is -0.970. The first-order valence-corrected chi connectivity index (χ1v) is 8.12. The Morgan fingerprint density at radius 2 is 1.85 bits per heavy atom. The van der Waals surface area contributed by atoms with E-state index in [1.165, 1.54) is 12.1 Å². The second-order valence-electron chi connectivity index (χ2n) is 3.68. The Labute approximate surface area is 131 Å². The van der Waals surface area contributed by atoms with Crippen LogP contribution in [0.25, 0.3) is 0 Å². The van der Waals surface area contributed by atoms with E-state index in [0.717, 1.165) is 0 Å². The number of carboxylic acids is 2. The van der Waals surface area contributed by atoms with E-state index >= 15 is 0 Å². The van der Waals surface area contributed by atoms with Crippen LogP contribution in [0.15, 0.2) is 32.0 Å². The van der Waals surface area contributed by atoms with Gasteiger partial charge in [0.1, 0.15) is 6.04 Å². The van der Waals surface area contributed by atoms with Gasteiger partial charge in [-0.3, -0.25) is 9.59 Å². The Morgan fingerprint density at radius 3 is 2.35 bits per heavy atom. The molecule has 0 heterocycles. The minimum absolute atomic E-state index is 0.191. The van der Waals surface area contributed by atoms with Crippen LogP contribution in [0, 0.1) is 0 Å². The highest BCUT2D eigenvalue weighted by molar-refractivity contribution is 9.11. The van der Waals surface area contributed by atoms with Crippen LogP contribution >= 0.6 is 31.9 Å². The van der Waals surface area contributed by atoms with Crippen molar-refractivity contribution in [1.82, 2.24) is 4.72 Å². The number of rotatable bonds is 6. The van der Waals surface area contributed by atoms with E-state index in [0.29, 0.717) is 4.47 Å². The molecule has 1 aromatic carbocycles. The van der Waals surface area contributed by atoms with Crippen molar-refractivity contribution in [2.75, 3.05) is 0 Å². The van der Waals surface area contributed by atoms with E-state index in [9.17, 15) is 18.0 Å². The number of hydrogen-bond acceptors (Lipinski definition) is 4. The third-order valence-corrected chi connectivity index (χ3v) is 5.12. The monoisotopic (exact) mass is 429 g/mol. The fourth-order valence-electron chi connectivity index (χ4n) is 1.29. The first-order chi connectivity index (χ1) is 9.13. The summed E-state index contributed by atoms with van der Waals surface area (Å²) in [6.07, 6.45) is -0.861. The number of nitrogens with one attached hydrogen (secondary N) is 1. The first-order valence-electron chi connectivity index (χ1n) is 5.05. The van der Waals surface area contributed by atoms with Gasteiger partial charge in [-0.05, 0) is 34.1 Å². The number of hydrogen-bond donors (Lipinski definition) is 3. The largest absolute Gasteiger partial charge is 0.481 e. The molecule has 0 saturated carbocycles. The molecule has 0 aliphatic carbocycles. The van der Waals surface area contributed by atoms with Gasteiger partial charge in [0.15, 0.2) is 0 Å². The lowest BCUT2D eigenvalue weighted by Crippen LogP contribution is -2.42. The average Bonchev–Trinajstić information content (AvgIpc) is 2.30. The summed E-state index contributed by atoms with van der Waals surface area (Å²) in [5.74, 6) is -2.99. The third-order valence-electron chi connectivity index (χ3n) is 2.16. The predicted molar refractivity (Wildman–Crippen MR) is 75.8 cm³/mol. The quantitative estimate of drug-likeness (QED) is 0.627. The van der Waals surface area contributed by atoms with E-state index in [2.05, 4.69) is 31.9 Å². The summed E-state index contributed by atoms with van der Waals surface area (Å²) in [7, 11) is -4.17. The van der Waals surface area contributed by atoms with Crippen molar-refractivity contribution in [3.8, 4) is 0 Å². The molecule has 0 radical (unpaired) electrons. The summed E-state index contributed by atoms with van der Waals surface area (Å²) in [5, 5.41) is 17.4. The molecule has 0 amide bonds. The van der Waals surface area contributed by atoms with Gasteiger partial charge in [-0.2, -0.15) is 4.72 Å². The van der Waals surface area contributed by atoms with Crippen molar-refractivity contribution in [3.05, 3.63) is 27.1 Å². The van der Waals surface area contributed by atoms with Gasteiger partial charge < -0.3 is 10.2 Å². The molecule has 3 N–H and O–H groups in total. The molecule has 0 saturated heterocycles. The zero-order valence-corrected chi connectivity index (χ0v) is 13.7. The van der Waals surface area contributed by atoms with Gasteiger partial charge in [-0.15, -0.1) is 0 Å². The predicted octanol–water partition coefficient (Wildman–Crippen LogP) is 1.42. The van der Waals surface area contributed by atoms with Crippen molar-refractivity contribution in [2.24, 2.45) is 0 Å². The van der Waals surface area contributed by atoms with Crippen molar-refractivity contribution in [3.63, 3.8) is 0 Å². The van der Waals surface area contributed by atoms with E-state index in [-0.39, 0.29) is 9.37 Å². The maximum absolute atomic E-state index is 12.1. The Morgan fingerprint density at radius 1 is 1.25 bits per heavy atom. The molecule has 7 nitrogen and oxygen atoms in total. The van der Waals surface area contributed by atoms with Crippen LogP contribution in [-0.2, 0) is 19.6 Å². The minimum Gasteiger partial charge on any atom is -0.481 e. The molecular formula is C10H9Br2NO6S. The third kappa shape index (κ3) is 4.54. The highest BCUT2D eigenvalue weighted by atomic mass is 79.9. The highest BCUT2D eigenvalue weighted by Crippen LogP contribution is 2.25. The summed E-state index contributed by atoms with van der Waals surface area (Å²) in [6, 6.07) is 2.58. The molecule has 1 rings (SSSR count). The minimum atomic E-state index is -4.17. The lowest BCUT2D eigenvalue weighted by Gasteiger charge is -2.14. The van der Waals surface area contributed by atoms with Crippen molar-refractivity contribution in [1.29, 1.82) is 0 Å². The van der Waals surface area contributed by atoms with E-state index < -0.39 is 34.4 Å².